The molecule has 92 valence electrons. The Kier molecular flexibility index (Phi) is 5.25. The van der Waals surface area contributed by atoms with E-state index in [1.165, 1.54) is 5.56 Å². The lowest BCUT2D eigenvalue weighted by Gasteiger charge is -2.35. The molecule has 0 aliphatic rings. The lowest BCUT2D eigenvalue weighted by molar-refractivity contribution is 0.335. The molecule has 1 heteroatoms. The van der Waals surface area contributed by atoms with E-state index in [1.54, 1.807) is 0 Å². The zero-order valence-corrected chi connectivity index (χ0v) is 11.2. The average molecular weight is 229 g/mol. The van der Waals surface area contributed by atoms with Crippen molar-refractivity contribution in [3.8, 4) is 12.3 Å². The van der Waals surface area contributed by atoms with Crippen molar-refractivity contribution in [1.82, 2.24) is 5.32 Å². The first-order chi connectivity index (χ1) is 8.12. The first-order valence-electron chi connectivity index (χ1n) is 6.29. The van der Waals surface area contributed by atoms with Crippen LogP contribution >= 0.6 is 0 Å². The fourth-order valence-corrected chi connectivity index (χ4v) is 2.34. The highest BCUT2D eigenvalue weighted by Gasteiger charge is 2.29. The number of hydrogen-bond acceptors (Lipinski definition) is 1. The van der Waals surface area contributed by atoms with Gasteiger partial charge < -0.3 is 5.32 Å². The Morgan fingerprint density at radius 3 is 2.47 bits per heavy atom. The van der Waals surface area contributed by atoms with Crippen LogP contribution in [0.5, 0.6) is 0 Å². The summed E-state index contributed by atoms with van der Waals surface area (Å²) in [6, 6.07) is 11.1. The molecule has 17 heavy (non-hydrogen) atoms. The van der Waals surface area contributed by atoms with Gasteiger partial charge in [0.05, 0.1) is 0 Å². The summed E-state index contributed by atoms with van der Waals surface area (Å²) in [7, 11) is 2.03. The minimum absolute atomic E-state index is 0.130. The lowest BCUT2D eigenvalue weighted by atomic mass is 9.76. The van der Waals surface area contributed by atoms with E-state index in [-0.39, 0.29) is 5.41 Å². The van der Waals surface area contributed by atoms with Crippen LogP contribution in [0.25, 0.3) is 0 Å². The van der Waals surface area contributed by atoms with Gasteiger partial charge in [0.1, 0.15) is 0 Å². The van der Waals surface area contributed by atoms with Gasteiger partial charge in [-0.05, 0) is 25.5 Å². The Bertz CT molecular complexity index is 359. The van der Waals surface area contributed by atoms with Gasteiger partial charge in [0.25, 0.3) is 0 Å². The highest BCUT2D eigenvalue weighted by molar-refractivity contribution is 5.25. The molecule has 0 aromatic heterocycles. The Morgan fingerprint density at radius 2 is 1.94 bits per heavy atom. The van der Waals surface area contributed by atoms with Gasteiger partial charge in [-0.1, -0.05) is 44.2 Å². The van der Waals surface area contributed by atoms with Crippen molar-refractivity contribution in [3.63, 3.8) is 0 Å². The molecule has 0 saturated heterocycles. The van der Waals surface area contributed by atoms with Crippen molar-refractivity contribution >= 4 is 0 Å². The van der Waals surface area contributed by atoms with E-state index in [4.69, 9.17) is 6.42 Å². The van der Waals surface area contributed by atoms with Crippen LogP contribution in [0.2, 0.25) is 0 Å². The number of nitrogens with one attached hydrogen (secondary N) is 1. The van der Waals surface area contributed by atoms with Crippen molar-refractivity contribution in [1.29, 1.82) is 0 Å². The molecule has 0 saturated carbocycles. The molecule has 0 amide bonds. The van der Waals surface area contributed by atoms with Crippen LogP contribution in [-0.2, 0) is 5.41 Å². The largest absolute Gasteiger partial charge is 0.316 e. The molecule has 1 unspecified atom stereocenters. The lowest BCUT2D eigenvalue weighted by Crippen LogP contribution is -2.43. The molecule has 0 spiro atoms. The Labute approximate surface area is 106 Å². The maximum Gasteiger partial charge on any atom is 0.0156 e. The molecule has 1 aromatic carbocycles. The summed E-state index contributed by atoms with van der Waals surface area (Å²) < 4.78 is 0. The highest BCUT2D eigenvalue weighted by Crippen LogP contribution is 2.29. The average Bonchev–Trinajstić information content (AvgIpc) is 2.35. The van der Waals surface area contributed by atoms with Crippen LogP contribution in [0, 0.1) is 12.3 Å². The maximum atomic E-state index is 5.31. The summed E-state index contributed by atoms with van der Waals surface area (Å²) in [6.07, 6.45) is 8.37. The van der Waals surface area contributed by atoms with Gasteiger partial charge >= 0.3 is 0 Å². The standard InChI is InChI=1S/C16H23N/c1-5-6-8-13-15(17-4)16(2,3)14-11-9-7-10-12-14/h1,7,9-12,15,17H,6,8,13H2,2-4H3. The Morgan fingerprint density at radius 1 is 1.29 bits per heavy atom. The summed E-state index contributed by atoms with van der Waals surface area (Å²) in [5.41, 5.74) is 1.50. The first kappa shape index (κ1) is 13.8. The Hall–Kier alpha value is -1.26. The summed E-state index contributed by atoms with van der Waals surface area (Å²) in [4.78, 5) is 0. The number of likely N-dealkylation sites (N-methyl/N-ethyl adjacent to an activating group) is 1. The summed E-state index contributed by atoms with van der Waals surface area (Å²) in [6.45, 7) is 4.58. The molecule has 1 nitrogen and oxygen atoms in total. The molecule has 0 aliphatic heterocycles. The van der Waals surface area contributed by atoms with Gasteiger partial charge in [0, 0.05) is 17.9 Å². The van der Waals surface area contributed by atoms with Crippen molar-refractivity contribution in [2.45, 2.75) is 44.6 Å². The smallest absolute Gasteiger partial charge is 0.0156 e. The molecule has 0 heterocycles. The fraction of sp³-hybridized carbons (Fsp3) is 0.500. The van der Waals surface area contributed by atoms with E-state index in [1.807, 2.05) is 7.05 Å². The third kappa shape index (κ3) is 3.61. The summed E-state index contributed by atoms with van der Waals surface area (Å²) in [5.74, 6) is 2.71. The van der Waals surface area contributed by atoms with E-state index in [0.717, 1.165) is 19.3 Å². The SMILES string of the molecule is C#CCCCC(NC)C(C)(C)c1ccccc1. The summed E-state index contributed by atoms with van der Waals surface area (Å²) >= 11 is 0. The van der Waals surface area contributed by atoms with Crippen molar-refractivity contribution in [2.75, 3.05) is 7.05 Å². The number of benzene rings is 1. The topological polar surface area (TPSA) is 12.0 Å². The molecule has 1 rings (SSSR count). The van der Waals surface area contributed by atoms with Crippen LogP contribution in [-0.4, -0.2) is 13.1 Å². The van der Waals surface area contributed by atoms with E-state index in [9.17, 15) is 0 Å². The second-order valence-corrected chi connectivity index (χ2v) is 5.03. The number of unbranched alkanes of at least 4 members (excludes halogenated alkanes) is 1. The van der Waals surface area contributed by atoms with Gasteiger partial charge in [0.15, 0.2) is 0 Å². The van der Waals surface area contributed by atoms with Crippen LogP contribution in [0.4, 0.5) is 0 Å². The molecule has 0 bridgehead atoms. The van der Waals surface area contributed by atoms with E-state index >= 15 is 0 Å². The molecule has 0 radical (unpaired) electrons. The second-order valence-electron chi connectivity index (χ2n) is 5.03. The fourth-order valence-electron chi connectivity index (χ4n) is 2.34. The van der Waals surface area contributed by atoms with Crippen LogP contribution < -0.4 is 5.32 Å². The molecule has 1 aromatic rings. The Balaban J connectivity index is 2.76. The van der Waals surface area contributed by atoms with Crippen molar-refractivity contribution < 1.29 is 0 Å². The molecular formula is C16H23N. The van der Waals surface area contributed by atoms with Gasteiger partial charge in [-0.3, -0.25) is 0 Å². The molecule has 0 fully saturated rings. The first-order valence-corrected chi connectivity index (χ1v) is 6.29. The third-order valence-corrected chi connectivity index (χ3v) is 3.55. The normalized spacial score (nSPS) is 13.1. The maximum absolute atomic E-state index is 5.31. The second kappa shape index (κ2) is 6.47. The zero-order chi connectivity index (χ0) is 12.7. The van der Waals surface area contributed by atoms with Crippen molar-refractivity contribution in [2.24, 2.45) is 0 Å². The number of rotatable bonds is 6. The van der Waals surface area contributed by atoms with Gasteiger partial charge in [-0.25, -0.2) is 0 Å². The van der Waals surface area contributed by atoms with Crippen molar-refractivity contribution in [3.05, 3.63) is 35.9 Å². The molecule has 1 N–H and O–H groups in total. The van der Waals surface area contributed by atoms with Crippen LogP contribution in [0.15, 0.2) is 30.3 Å². The van der Waals surface area contributed by atoms with Gasteiger partial charge in [-0.15, -0.1) is 12.3 Å². The monoisotopic (exact) mass is 229 g/mol. The van der Waals surface area contributed by atoms with Crippen LogP contribution in [0.1, 0.15) is 38.7 Å². The van der Waals surface area contributed by atoms with Gasteiger partial charge in [0.2, 0.25) is 0 Å². The number of hydrogen-bond donors (Lipinski definition) is 1. The molecular weight excluding hydrogens is 206 g/mol. The van der Waals surface area contributed by atoms with E-state index in [0.29, 0.717) is 6.04 Å². The third-order valence-electron chi connectivity index (χ3n) is 3.55. The van der Waals surface area contributed by atoms with Gasteiger partial charge in [-0.2, -0.15) is 0 Å². The highest BCUT2D eigenvalue weighted by atomic mass is 14.9. The minimum Gasteiger partial charge on any atom is -0.316 e. The summed E-state index contributed by atoms with van der Waals surface area (Å²) in [5, 5.41) is 3.43. The minimum atomic E-state index is 0.130. The van der Waals surface area contributed by atoms with E-state index in [2.05, 4.69) is 55.4 Å². The molecule has 0 aliphatic carbocycles. The predicted molar refractivity (Wildman–Crippen MR) is 75.0 cm³/mol. The quantitative estimate of drug-likeness (QED) is 0.582. The van der Waals surface area contributed by atoms with E-state index < -0.39 is 0 Å². The molecule has 1 atom stereocenters. The zero-order valence-electron chi connectivity index (χ0n) is 11.2. The number of terminal acetylenes is 1. The van der Waals surface area contributed by atoms with Crippen LogP contribution in [0.3, 0.4) is 0 Å². The predicted octanol–water partition coefficient (Wildman–Crippen LogP) is 3.36.